The van der Waals surface area contributed by atoms with Crippen LogP contribution in [0.2, 0.25) is 0 Å². The van der Waals surface area contributed by atoms with Gasteiger partial charge in [0, 0.05) is 37.6 Å². The number of amides is 1. The molecule has 2 heterocycles. The molecular weight excluding hydrogens is 440 g/mol. The smallest absolute Gasteiger partial charge is 0.239 e. The minimum absolute atomic E-state index is 0.0381. The number of nitrogens with one attached hydrogen (secondary N) is 2. The summed E-state index contributed by atoms with van der Waals surface area (Å²) >= 11 is 7.37. The molecule has 1 fully saturated rings. The fourth-order valence-corrected chi connectivity index (χ4v) is 4.53. The van der Waals surface area contributed by atoms with Crippen molar-refractivity contribution in [3.63, 3.8) is 0 Å². The Morgan fingerprint density at radius 2 is 1.97 bits per heavy atom. The van der Waals surface area contributed by atoms with Crippen LogP contribution in [-0.2, 0) is 22.5 Å². The van der Waals surface area contributed by atoms with Crippen molar-refractivity contribution in [3.05, 3.63) is 57.8 Å². The van der Waals surface area contributed by atoms with Crippen molar-refractivity contribution in [2.75, 3.05) is 52.5 Å². The summed E-state index contributed by atoms with van der Waals surface area (Å²) in [6.45, 7) is 9.17. The molecule has 1 aromatic carbocycles. The molecule has 1 aromatic heterocycles. The van der Waals surface area contributed by atoms with Crippen molar-refractivity contribution >= 4 is 34.6 Å². The maximum absolute atomic E-state index is 12.3. The van der Waals surface area contributed by atoms with Crippen LogP contribution < -0.4 is 10.6 Å². The number of hydrogen-bond donors (Lipinski definition) is 2. The number of morpholine rings is 1. The van der Waals surface area contributed by atoms with Gasteiger partial charge in [-0.15, -0.1) is 11.3 Å². The lowest BCUT2D eigenvalue weighted by Gasteiger charge is -2.29. The van der Waals surface area contributed by atoms with Gasteiger partial charge in [0.15, 0.2) is 5.11 Å². The number of thiocarbonyl (C=S) groups is 1. The molecule has 0 aliphatic carbocycles. The maximum Gasteiger partial charge on any atom is 0.239 e. The molecule has 6 nitrogen and oxygen atoms in total. The van der Waals surface area contributed by atoms with E-state index in [-0.39, 0.29) is 12.5 Å². The Morgan fingerprint density at radius 1 is 1.19 bits per heavy atom. The second kappa shape index (κ2) is 13.5. The van der Waals surface area contributed by atoms with E-state index in [9.17, 15) is 4.79 Å². The first-order valence-electron chi connectivity index (χ1n) is 11.3. The maximum atomic E-state index is 12.3. The number of carbonyl (C=O) groups excluding carboxylic acids is 1. The minimum Gasteiger partial charge on any atom is -0.379 e. The van der Waals surface area contributed by atoms with Crippen LogP contribution in [0.3, 0.4) is 0 Å². The molecule has 0 unspecified atom stereocenters. The fourth-order valence-electron chi connectivity index (χ4n) is 3.58. The molecule has 3 rings (SSSR count). The van der Waals surface area contributed by atoms with E-state index in [4.69, 9.17) is 17.0 Å². The van der Waals surface area contributed by atoms with E-state index in [1.54, 1.807) is 11.3 Å². The first kappa shape index (κ1) is 24.6. The van der Waals surface area contributed by atoms with Crippen LogP contribution in [0.25, 0.3) is 0 Å². The quantitative estimate of drug-likeness (QED) is 0.489. The minimum atomic E-state index is -0.0381. The number of rotatable bonds is 11. The monoisotopic (exact) mass is 474 g/mol. The summed E-state index contributed by atoms with van der Waals surface area (Å²) in [7, 11) is 0. The summed E-state index contributed by atoms with van der Waals surface area (Å²) in [4.78, 5) is 18.2. The zero-order valence-electron chi connectivity index (χ0n) is 18.8. The SMILES string of the molecule is Cc1ccc(CCNC(=O)CNC(=S)N(CCCN2CCOCC2)Cc2cccs2)cc1. The highest BCUT2D eigenvalue weighted by Gasteiger charge is 2.14. The Kier molecular flexibility index (Phi) is 10.4. The molecule has 2 aromatic rings. The van der Waals surface area contributed by atoms with Crippen LogP contribution in [0.15, 0.2) is 41.8 Å². The molecule has 174 valence electrons. The van der Waals surface area contributed by atoms with E-state index in [1.165, 1.54) is 16.0 Å². The van der Waals surface area contributed by atoms with Crippen molar-refractivity contribution < 1.29 is 9.53 Å². The topological polar surface area (TPSA) is 56.8 Å². The third kappa shape index (κ3) is 8.86. The van der Waals surface area contributed by atoms with Gasteiger partial charge in [0.05, 0.1) is 26.3 Å². The van der Waals surface area contributed by atoms with Crippen LogP contribution in [0, 0.1) is 6.92 Å². The van der Waals surface area contributed by atoms with Gasteiger partial charge >= 0.3 is 0 Å². The number of carbonyl (C=O) groups is 1. The molecule has 32 heavy (non-hydrogen) atoms. The van der Waals surface area contributed by atoms with Gasteiger partial charge < -0.3 is 20.3 Å². The van der Waals surface area contributed by atoms with Crippen molar-refractivity contribution in [3.8, 4) is 0 Å². The predicted molar refractivity (Wildman–Crippen MR) is 135 cm³/mol. The second-order valence-corrected chi connectivity index (χ2v) is 9.47. The molecule has 2 N–H and O–H groups in total. The van der Waals surface area contributed by atoms with Gasteiger partial charge in [0.2, 0.25) is 5.91 Å². The largest absolute Gasteiger partial charge is 0.379 e. The molecule has 0 atom stereocenters. The standard InChI is InChI=1S/C24H34N4O2S2/c1-20-5-7-21(8-6-20)9-10-25-23(29)18-26-24(31)28(19-22-4-2-17-32-22)12-3-11-27-13-15-30-16-14-27/h2,4-8,17H,3,9-16,18-19H2,1H3,(H,25,29)(H,26,31). The highest BCUT2D eigenvalue weighted by molar-refractivity contribution is 7.80. The predicted octanol–water partition coefficient (Wildman–Crippen LogP) is 2.81. The van der Waals surface area contributed by atoms with Gasteiger partial charge in [0.25, 0.3) is 0 Å². The first-order valence-corrected chi connectivity index (χ1v) is 12.6. The van der Waals surface area contributed by atoms with Crippen molar-refractivity contribution in [1.29, 1.82) is 0 Å². The van der Waals surface area contributed by atoms with E-state index >= 15 is 0 Å². The summed E-state index contributed by atoms with van der Waals surface area (Å²) < 4.78 is 5.43. The molecule has 1 amide bonds. The zero-order valence-corrected chi connectivity index (χ0v) is 20.5. The highest BCUT2D eigenvalue weighted by Crippen LogP contribution is 2.13. The first-order chi connectivity index (χ1) is 15.6. The van der Waals surface area contributed by atoms with E-state index < -0.39 is 0 Å². The second-order valence-electron chi connectivity index (χ2n) is 8.05. The Labute approximate surface area is 200 Å². The van der Waals surface area contributed by atoms with Gasteiger partial charge in [0.1, 0.15) is 0 Å². The van der Waals surface area contributed by atoms with E-state index in [1.807, 2.05) is 0 Å². The Hall–Kier alpha value is -2.00. The fraction of sp³-hybridized carbons (Fsp3) is 0.500. The average Bonchev–Trinajstić information content (AvgIpc) is 3.32. The third-order valence-corrected chi connectivity index (χ3v) is 6.74. The molecule has 1 aliphatic rings. The van der Waals surface area contributed by atoms with Crippen LogP contribution in [0.1, 0.15) is 22.4 Å². The number of ether oxygens (including phenoxy) is 1. The lowest BCUT2D eigenvalue weighted by atomic mass is 10.1. The van der Waals surface area contributed by atoms with Gasteiger partial charge in [-0.25, -0.2) is 0 Å². The van der Waals surface area contributed by atoms with Crippen LogP contribution >= 0.6 is 23.6 Å². The molecular formula is C24H34N4O2S2. The van der Waals surface area contributed by atoms with Crippen LogP contribution in [0.5, 0.6) is 0 Å². The lowest BCUT2D eigenvalue weighted by Crippen LogP contribution is -2.45. The zero-order chi connectivity index (χ0) is 22.6. The Morgan fingerprint density at radius 3 is 2.69 bits per heavy atom. The summed E-state index contributed by atoms with van der Waals surface area (Å²) in [5.74, 6) is -0.0381. The van der Waals surface area contributed by atoms with Crippen molar-refractivity contribution in [1.82, 2.24) is 20.4 Å². The molecule has 0 saturated carbocycles. The number of thiophene rings is 1. The summed E-state index contributed by atoms with van der Waals surface area (Å²) in [6.07, 6.45) is 1.85. The van der Waals surface area contributed by atoms with Gasteiger partial charge in [-0.1, -0.05) is 35.9 Å². The van der Waals surface area contributed by atoms with Gasteiger partial charge in [-0.05, 0) is 49.0 Å². The Bertz CT molecular complexity index is 821. The average molecular weight is 475 g/mol. The summed E-state index contributed by atoms with van der Waals surface area (Å²) in [6, 6.07) is 12.6. The molecule has 0 spiro atoms. The van der Waals surface area contributed by atoms with E-state index in [0.29, 0.717) is 11.7 Å². The van der Waals surface area contributed by atoms with Crippen LogP contribution in [-0.4, -0.2) is 73.3 Å². The van der Waals surface area contributed by atoms with E-state index in [0.717, 1.165) is 58.8 Å². The molecule has 0 bridgehead atoms. The summed E-state index contributed by atoms with van der Waals surface area (Å²) in [5, 5.41) is 8.85. The normalized spacial score (nSPS) is 14.2. The Balaban J connectivity index is 1.40. The summed E-state index contributed by atoms with van der Waals surface area (Å²) in [5.41, 5.74) is 2.47. The molecule has 0 radical (unpaired) electrons. The van der Waals surface area contributed by atoms with Gasteiger partial charge in [-0.3, -0.25) is 9.69 Å². The van der Waals surface area contributed by atoms with Crippen LogP contribution in [0.4, 0.5) is 0 Å². The number of nitrogens with zero attached hydrogens (tertiary/aromatic N) is 2. The molecule has 8 heteroatoms. The van der Waals surface area contributed by atoms with Crippen molar-refractivity contribution in [2.24, 2.45) is 0 Å². The van der Waals surface area contributed by atoms with Crippen molar-refractivity contribution in [2.45, 2.75) is 26.3 Å². The van der Waals surface area contributed by atoms with Gasteiger partial charge in [-0.2, -0.15) is 0 Å². The molecule has 1 aliphatic heterocycles. The molecule has 1 saturated heterocycles. The third-order valence-electron chi connectivity index (χ3n) is 5.48. The number of aryl methyl sites for hydroxylation is 1. The number of hydrogen-bond acceptors (Lipinski definition) is 5. The highest BCUT2D eigenvalue weighted by atomic mass is 32.1. The lowest BCUT2D eigenvalue weighted by molar-refractivity contribution is -0.119. The van der Waals surface area contributed by atoms with E-state index in [2.05, 4.69) is 69.1 Å². The number of benzene rings is 1.